The molecule has 0 aliphatic heterocycles. The summed E-state index contributed by atoms with van der Waals surface area (Å²) in [4.78, 5) is 26.7. The first-order chi connectivity index (χ1) is 8.60. The number of carboxylic acids is 1. The quantitative estimate of drug-likeness (QED) is 0.269. The van der Waals surface area contributed by atoms with Gasteiger partial charge in [-0.05, 0) is 13.0 Å². The fourth-order valence-electron chi connectivity index (χ4n) is 1.16. The van der Waals surface area contributed by atoms with Gasteiger partial charge in [-0.3, -0.25) is 4.79 Å². The summed E-state index contributed by atoms with van der Waals surface area (Å²) in [6.07, 6.45) is 0.922. The van der Waals surface area contributed by atoms with Crippen LogP contribution in [0.25, 0.3) is 0 Å². The lowest BCUT2D eigenvalue weighted by atomic mass is 10.1. The molecule has 18 heavy (non-hydrogen) atoms. The average Bonchev–Trinajstić information content (AvgIpc) is 2.38. The van der Waals surface area contributed by atoms with E-state index in [1.54, 1.807) is 19.1 Å². The standard InChI is InChI=1S/C12H13NO5/c1-3-18-7-8(12(15)16)11(14)9-5-4-6-10(13-9)17-2/h4-7H,3H2,1-2H3,(H,15,16). The Balaban J connectivity index is 3.05. The third-order valence-electron chi connectivity index (χ3n) is 2.01. The van der Waals surface area contributed by atoms with Crippen molar-refractivity contribution in [3.8, 4) is 5.88 Å². The Morgan fingerprint density at radius 3 is 2.72 bits per heavy atom. The van der Waals surface area contributed by atoms with E-state index in [0.717, 1.165) is 6.26 Å². The van der Waals surface area contributed by atoms with Crippen molar-refractivity contribution >= 4 is 11.8 Å². The summed E-state index contributed by atoms with van der Waals surface area (Å²) in [5, 5.41) is 8.93. The Labute approximate surface area is 104 Å². The highest BCUT2D eigenvalue weighted by molar-refractivity contribution is 6.22. The SMILES string of the molecule is CCOC=C(C(=O)O)C(=O)c1cccc(OC)n1. The highest BCUT2D eigenvalue weighted by atomic mass is 16.5. The van der Waals surface area contributed by atoms with Crippen LogP contribution in [0.2, 0.25) is 0 Å². The van der Waals surface area contributed by atoms with E-state index < -0.39 is 17.3 Å². The lowest BCUT2D eigenvalue weighted by Crippen LogP contribution is -2.14. The van der Waals surface area contributed by atoms with Gasteiger partial charge in [0.15, 0.2) is 0 Å². The maximum absolute atomic E-state index is 11.9. The number of nitrogens with zero attached hydrogens (tertiary/aromatic N) is 1. The number of Topliss-reactive ketones (excluding diaryl/α,β-unsaturated/α-hetero) is 1. The van der Waals surface area contributed by atoms with E-state index in [4.69, 9.17) is 14.6 Å². The fraction of sp³-hybridized carbons (Fsp3) is 0.250. The first kappa shape index (κ1) is 13.7. The van der Waals surface area contributed by atoms with Gasteiger partial charge in [-0.15, -0.1) is 0 Å². The smallest absolute Gasteiger partial charge is 0.342 e. The molecule has 0 aliphatic rings. The van der Waals surface area contributed by atoms with E-state index in [2.05, 4.69) is 4.98 Å². The number of carbonyl (C=O) groups is 2. The van der Waals surface area contributed by atoms with Crippen LogP contribution in [0.3, 0.4) is 0 Å². The number of ketones is 1. The zero-order chi connectivity index (χ0) is 13.5. The molecule has 6 heteroatoms. The molecule has 1 heterocycles. The van der Waals surface area contributed by atoms with Gasteiger partial charge in [-0.25, -0.2) is 9.78 Å². The van der Waals surface area contributed by atoms with Crippen LogP contribution in [0.1, 0.15) is 17.4 Å². The predicted octanol–water partition coefficient (Wildman–Crippen LogP) is 1.28. The van der Waals surface area contributed by atoms with Crippen LogP contribution in [0.4, 0.5) is 0 Å². The summed E-state index contributed by atoms with van der Waals surface area (Å²) < 4.78 is 9.70. The molecule has 1 aromatic heterocycles. The van der Waals surface area contributed by atoms with Gasteiger partial charge in [0.2, 0.25) is 11.7 Å². The number of rotatable bonds is 6. The molecular formula is C12H13NO5. The maximum Gasteiger partial charge on any atom is 0.342 e. The van der Waals surface area contributed by atoms with Crippen molar-refractivity contribution in [3.63, 3.8) is 0 Å². The van der Waals surface area contributed by atoms with E-state index in [1.165, 1.54) is 13.2 Å². The molecule has 6 nitrogen and oxygen atoms in total. The fourth-order valence-corrected chi connectivity index (χ4v) is 1.16. The molecule has 0 atom stereocenters. The maximum atomic E-state index is 11.9. The lowest BCUT2D eigenvalue weighted by Gasteiger charge is -2.04. The van der Waals surface area contributed by atoms with Crippen LogP contribution in [0, 0.1) is 0 Å². The average molecular weight is 251 g/mol. The number of aliphatic carboxylic acids is 1. The van der Waals surface area contributed by atoms with E-state index in [9.17, 15) is 9.59 Å². The number of hydrogen-bond donors (Lipinski definition) is 1. The number of ether oxygens (including phenoxy) is 2. The zero-order valence-corrected chi connectivity index (χ0v) is 10.0. The lowest BCUT2D eigenvalue weighted by molar-refractivity contribution is -0.132. The van der Waals surface area contributed by atoms with Crippen LogP contribution in [0.5, 0.6) is 5.88 Å². The number of aromatic nitrogens is 1. The number of hydrogen-bond acceptors (Lipinski definition) is 5. The number of methoxy groups -OCH3 is 1. The van der Waals surface area contributed by atoms with Crippen LogP contribution in [-0.2, 0) is 9.53 Å². The molecule has 0 saturated carbocycles. The highest BCUT2D eigenvalue weighted by Crippen LogP contribution is 2.11. The van der Waals surface area contributed by atoms with Crippen LogP contribution >= 0.6 is 0 Å². The summed E-state index contributed by atoms with van der Waals surface area (Å²) in [6.45, 7) is 1.96. The Morgan fingerprint density at radius 1 is 1.44 bits per heavy atom. The Morgan fingerprint density at radius 2 is 2.17 bits per heavy atom. The first-order valence-electron chi connectivity index (χ1n) is 5.21. The molecule has 1 aromatic rings. The summed E-state index contributed by atoms with van der Waals surface area (Å²) in [6, 6.07) is 4.52. The van der Waals surface area contributed by atoms with Crippen LogP contribution in [-0.4, -0.2) is 35.6 Å². The van der Waals surface area contributed by atoms with Gasteiger partial charge in [-0.2, -0.15) is 0 Å². The van der Waals surface area contributed by atoms with Gasteiger partial charge in [0.05, 0.1) is 13.7 Å². The zero-order valence-electron chi connectivity index (χ0n) is 10.0. The van der Waals surface area contributed by atoms with Gasteiger partial charge >= 0.3 is 5.97 Å². The number of carboxylic acid groups (broad SMARTS) is 1. The van der Waals surface area contributed by atoms with Crippen molar-refractivity contribution in [1.29, 1.82) is 0 Å². The van der Waals surface area contributed by atoms with Crippen LogP contribution in [0.15, 0.2) is 30.0 Å². The second-order valence-corrected chi connectivity index (χ2v) is 3.19. The van der Waals surface area contributed by atoms with Crippen LogP contribution < -0.4 is 4.74 Å². The molecule has 0 aromatic carbocycles. The van der Waals surface area contributed by atoms with Crippen molar-refractivity contribution in [2.75, 3.05) is 13.7 Å². The minimum atomic E-state index is -1.36. The van der Waals surface area contributed by atoms with E-state index in [0.29, 0.717) is 0 Å². The Kier molecular flexibility index (Phi) is 4.86. The second-order valence-electron chi connectivity index (χ2n) is 3.19. The van der Waals surface area contributed by atoms with Gasteiger partial charge in [0.25, 0.3) is 0 Å². The largest absolute Gasteiger partial charge is 0.500 e. The number of pyridine rings is 1. The molecule has 0 radical (unpaired) electrons. The summed E-state index contributed by atoms with van der Waals surface area (Å²) in [7, 11) is 1.41. The Bertz CT molecular complexity index is 481. The minimum Gasteiger partial charge on any atom is -0.500 e. The van der Waals surface area contributed by atoms with E-state index in [-0.39, 0.29) is 18.2 Å². The van der Waals surface area contributed by atoms with Gasteiger partial charge in [0.1, 0.15) is 17.5 Å². The molecular weight excluding hydrogens is 238 g/mol. The predicted molar refractivity (Wildman–Crippen MR) is 62.5 cm³/mol. The topological polar surface area (TPSA) is 85.7 Å². The second kappa shape index (κ2) is 6.39. The summed E-state index contributed by atoms with van der Waals surface area (Å²) >= 11 is 0. The first-order valence-corrected chi connectivity index (χ1v) is 5.21. The molecule has 0 unspecified atom stereocenters. The van der Waals surface area contributed by atoms with Crippen molar-refractivity contribution in [3.05, 3.63) is 35.7 Å². The molecule has 0 bridgehead atoms. The molecule has 0 fully saturated rings. The Hall–Kier alpha value is -2.37. The third-order valence-corrected chi connectivity index (χ3v) is 2.01. The van der Waals surface area contributed by atoms with Crippen molar-refractivity contribution in [2.45, 2.75) is 6.92 Å². The van der Waals surface area contributed by atoms with Crippen molar-refractivity contribution < 1.29 is 24.2 Å². The van der Waals surface area contributed by atoms with Crippen molar-refractivity contribution in [2.24, 2.45) is 0 Å². The number of carbonyl (C=O) groups excluding carboxylic acids is 1. The van der Waals surface area contributed by atoms with E-state index in [1.807, 2.05) is 0 Å². The normalized spacial score (nSPS) is 10.9. The van der Waals surface area contributed by atoms with Crippen molar-refractivity contribution in [1.82, 2.24) is 4.98 Å². The highest BCUT2D eigenvalue weighted by Gasteiger charge is 2.21. The summed E-state index contributed by atoms with van der Waals surface area (Å²) in [5.41, 5.74) is -0.486. The summed E-state index contributed by atoms with van der Waals surface area (Å²) in [5.74, 6) is -1.85. The van der Waals surface area contributed by atoms with E-state index >= 15 is 0 Å². The molecule has 96 valence electrons. The molecule has 1 rings (SSSR count). The molecule has 1 N–H and O–H groups in total. The van der Waals surface area contributed by atoms with Gasteiger partial charge in [-0.1, -0.05) is 6.07 Å². The monoisotopic (exact) mass is 251 g/mol. The molecule has 0 aliphatic carbocycles. The van der Waals surface area contributed by atoms with Gasteiger partial charge < -0.3 is 14.6 Å². The minimum absolute atomic E-state index is 0.0114. The van der Waals surface area contributed by atoms with Gasteiger partial charge in [0, 0.05) is 6.07 Å². The molecule has 0 saturated heterocycles. The third kappa shape index (κ3) is 3.31. The molecule has 0 amide bonds. The molecule has 0 spiro atoms.